The van der Waals surface area contributed by atoms with E-state index in [1.54, 1.807) is 31.2 Å². The lowest BCUT2D eigenvalue weighted by Crippen LogP contribution is -2.25. The van der Waals surface area contributed by atoms with Crippen LogP contribution in [0.5, 0.6) is 5.75 Å². The highest BCUT2D eigenvalue weighted by Crippen LogP contribution is 2.24. The van der Waals surface area contributed by atoms with E-state index in [0.717, 1.165) is 16.2 Å². The molecule has 2 aromatic rings. The third kappa shape index (κ3) is 3.28. The van der Waals surface area contributed by atoms with Crippen LogP contribution in [0.3, 0.4) is 0 Å². The second-order valence-corrected chi connectivity index (χ2v) is 5.48. The van der Waals surface area contributed by atoms with Crippen molar-refractivity contribution in [1.29, 1.82) is 0 Å². The Balaban J connectivity index is 2.17. The summed E-state index contributed by atoms with van der Waals surface area (Å²) in [6.45, 7) is 0.459. The van der Waals surface area contributed by atoms with Gasteiger partial charge >= 0.3 is 0 Å². The molecule has 0 atom stereocenters. The van der Waals surface area contributed by atoms with Crippen molar-refractivity contribution < 1.29 is 9.53 Å². The highest BCUT2D eigenvalue weighted by molar-refractivity contribution is 7.12. The fourth-order valence-corrected chi connectivity index (χ4v) is 2.70. The summed E-state index contributed by atoms with van der Waals surface area (Å²) in [5.74, 6) is 0.729. The Morgan fingerprint density at radius 2 is 2.21 bits per heavy atom. The van der Waals surface area contributed by atoms with Gasteiger partial charge in [0, 0.05) is 24.2 Å². The van der Waals surface area contributed by atoms with Gasteiger partial charge in [-0.25, -0.2) is 0 Å². The molecule has 3 nitrogen and oxygen atoms in total. The highest BCUT2D eigenvalue weighted by Gasteiger charge is 2.15. The Morgan fingerprint density at radius 3 is 2.84 bits per heavy atom. The number of carbonyl (C=O) groups is 1. The Hall–Kier alpha value is -1.52. The Kier molecular flexibility index (Phi) is 4.45. The number of halogens is 1. The van der Waals surface area contributed by atoms with Gasteiger partial charge in [-0.2, -0.15) is 0 Å². The van der Waals surface area contributed by atoms with E-state index < -0.39 is 0 Å². The van der Waals surface area contributed by atoms with Crippen LogP contribution in [0.15, 0.2) is 35.7 Å². The van der Waals surface area contributed by atoms with Gasteiger partial charge in [-0.15, -0.1) is 11.3 Å². The van der Waals surface area contributed by atoms with Crippen LogP contribution >= 0.6 is 22.9 Å². The number of rotatable bonds is 4. The van der Waals surface area contributed by atoms with Gasteiger partial charge in [0.2, 0.25) is 0 Å². The first-order valence-corrected chi connectivity index (χ1v) is 6.99. The number of hydrogen-bond donors (Lipinski definition) is 0. The van der Waals surface area contributed by atoms with E-state index in [9.17, 15) is 4.79 Å². The van der Waals surface area contributed by atoms with Crippen LogP contribution in [0.2, 0.25) is 5.02 Å². The number of benzene rings is 1. The second kappa shape index (κ2) is 6.08. The molecule has 1 heterocycles. The van der Waals surface area contributed by atoms with Crippen molar-refractivity contribution in [2.24, 2.45) is 0 Å². The minimum absolute atomic E-state index is 0.00275. The maximum atomic E-state index is 12.2. The van der Waals surface area contributed by atoms with Gasteiger partial charge in [0.1, 0.15) is 5.75 Å². The molecule has 0 fully saturated rings. The van der Waals surface area contributed by atoms with E-state index in [2.05, 4.69) is 0 Å². The van der Waals surface area contributed by atoms with Crippen molar-refractivity contribution in [3.63, 3.8) is 0 Å². The molecule has 1 aromatic carbocycles. The average molecular weight is 296 g/mol. The molecular weight excluding hydrogens is 282 g/mol. The van der Waals surface area contributed by atoms with Crippen molar-refractivity contribution in [1.82, 2.24) is 4.90 Å². The number of methoxy groups -OCH3 is 1. The highest BCUT2D eigenvalue weighted by atomic mass is 35.5. The number of hydrogen-bond acceptors (Lipinski definition) is 3. The first-order chi connectivity index (χ1) is 9.11. The zero-order valence-corrected chi connectivity index (χ0v) is 12.3. The molecule has 0 N–H and O–H groups in total. The lowest BCUT2D eigenvalue weighted by Gasteiger charge is -2.18. The quantitative estimate of drug-likeness (QED) is 0.861. The third-order valence-corrected chi connectivity index (χ3v) is 3.82. The zero-order valence-electron chi connectivity index (χ0n) is 10.7. The Labute approximate surface area is 121 Å². The molecule has 1 amide bonds. The Bertz CT molecular complexity index is 569. The van der Waals surface area contributed by atoms with Crippen LogP contribution < -0.4 is 4.74 Å². The van der Waals surface area contributed by atoms with Crippen LogP contribution in [0.1, 0.15) is 15.2 Å². The summed E-state index contributed by atoms with van der Waals surface area (Å²) in [7, 11) is 3.37. The SMILES string of the molecule is COc1ccc(Cl)cc1CN(C)C(=O)c1cccs1. The predicted octanol–water partition coefficient (Wildman–Crippen LogP) is 3.68. The molecule has 0 saturated carbocycles. The summed E-state index contributed by atoms with van der Waals surface area (Å²) in [4.78, 5) is 14.5. The number of nitrogens with zero attached hydrogens (tertiary/aromatic N) is 1. The van der Waals surface area contributed by atoms with Gasteiger partial charge in [-0.05, 0) is 29.6 Å². The number of carbonyl (C=O) groups excluding carboxylic acids is 1. The molecular formula is C14H14ClNO2S. The van der Waals surface area contributed by atoms with Crippen LogP contribution in [-0.2, 0) is 6.54 Å². The fourth-order valence-electron chi connectivity index (χ4n) is 1.79. The molecule has 0 aliphatic carbocycles. The molecule has 5 heteroatoms. The van der Waals surface area contributed by atoms with Crippen molar-refractivity contribution in [3.05, 3.63) is 51.2 Å². The molecule has 0 aliphatic rings. The maximum absolute atomic E-state index is 12.2. The monoisotopic (exact) mass is 295 g/mol. The normalized spacial score (nSPS) is 10.3. The van der Waals surface area contributed by atoms with E-state index in [4.69, 9.17) is 16.3 Å². The first-order valence-electron chi connectivity index (χ1n) is 5.73. The molecule has 0 spiro atoms. The molecule has 0 unspecified atom stereocenters. The van der Waals surface area contributed by atoms with Gasteiger partial charge in [0.05, 0.1) is 12.0 Å². The van der Waals surface area contributed by atoms with Crippen LogP contribution in [0.4, 0.5) is 0 Å². The number of thiophene rings is 1. The standard InChI is InChI=1S/C14H14ClNO2S/c1-16(14(17)13-4-3-7-19-13)9-10-8-11(15)5-6-12(10)18-2/h3-8H,9H2,1-2H3. The van der Waals surface area contributed by atoms with Crippen molar-refractivity contribution in [2.45, 2.75) is 6.54 Å². The van der Waals surface area contributed by atoms with Crippen molar-refractivity contribution >= 4 is 28.8 Å². The summed E-state index contributed by atoms with van der Waals surface area (Å²) in [5.41, 5.74) is 0.891. The van der Waals surface area contributed by atoms with Crippen molar-refractivity contribution in [3.8, 4) is 5.75 Å². The lowest BCUT2D eigenvalue weighted by molar-refractivity contribution is 0.0789. The average Bonchev–Trinajstić information content (AvgIpc) is 2.92. The largest absolute Gasteiger partial charge is 0.496 e. The molecule has 2 rings (SSSR count). The molecule has 1 aromatic heterocycles. The van der Waals surface area contributed by atoms with E-state index in [0.29, 0.717) is 11.6 Å². The van der Waals surface area contributed by atoms with Crippen LogP contribution in [0.25, 0.3) is 0 Å². The third-order valence-electron chi connectivity index (χ3n) is 2.73. The lowest BCUT2D eigenvalue weighted by atomic mass is 10.2. The minimum Gasteiger partial charge on any atom is -0.496 e. The van der Waals surface area contributed by atoms with E-state index >= 15 is 0 Å². The fraction of sp³-hybridized carbons (Fsp3) is 0.214. The number of amides is 1. The molecule has 0 saturated heterocycles. The topological polar surface area (TPSA) is 29.5 Å². The maximum Gasteiger partial charge on any atom is 0.263 e. The molecule has 100 valence electrons. The van der Waals surface area contributed by atoms with Gasteiger partial charge < -0.3 is 9.64 Å². The number of ether oxygens (including phenoxy) is 1. The molecule has 0 aliphatic heterocycles. The van der Waals surface area contributed by atoms with Gasteiger partial charge in [-0.1, -0.05) is 17.7 Å². The first kappa shape index (κ1) is 13.9. The van der Waals surface area contributed by atoms with Crippen molar-refractivity contribution in [2.75, 3.05) is 14.2 Å². The van der Waals surface area contributed by atoms with Gasteiger partial charge in [0.15, 0.2) is 0 Å². The summed E-state index contributed by atoms with van der Waals surface area (Å²) in [6.07, 6.45) is 0. The summed E-state index contributed by atoms with van der Waals surface area (Å²) >= 11 is 7.41. The summed E-state index contributed by atoms with van der Waals surface area (Å²) < 4.78 is 5.28. The summed E-state index contributed by atoms with van der Waals surface area (Å²) in [6, 6.07) is 9.08. The zero-order chi connectivity index (χ0) is 13.8. The van der Waals surface area contributed by atoms with E-state index in [1.165, 1.54) is 11.3 Å². The van der Waals surface area contributed by atoms with Crippen LogP contribution in [0, 0.1) is 0 Å². The Morgan fingerprint density at radius 1 is 1.42 bits per heavy atom. The molecule has 0 radical (unpaired) electrons. The summed E-state index contributed by atoms with van der Waals surface area (Å²) in [5, 5.41) is 2.52. The van der Waals surface area contributed by atoms with Crippen LogP contribution in [-0.4, -0.2) is 25.0 Å². The molecule has 0 bridgehead atoms. The van der Waals surface area contributed by atoms with E-state index in [1.807, 2.05) is 23.6 Å². The molecule has 19 heavy (non-hydrogen) atoms. The van der Waals surface area contributed by atoms with E-state index in [-0.39, 0.29) is 5.91 Å². The predicted molar refractivity (Wildman–Crippen MR) is 78.1 cm³/mol. The second-order valence-electron chi connectivity index (χ2n) is 4.09. The smallest absolute Gasteiger partial charge is 0.263 e. The minimum atomic E-state index is -0.00275. The van der Waals surface area contributed by atoms with Gasteiger partial charge in [0.25, 0.3) is 5.91 Å². The van der Waals surface area contributed by atoms with Gasteiger partial charge in [-0.3, -0.25) is 4.79 Å².